The largest absolute Gasteiger partial charge is 0.325 e. The third kappa shape index (κ3) is 5.73. The molecule has 6 heteroatoms. The molecule has 0 unspecified atom stereocenters. The molecule has 0 aromatic heterocycles. The van der Waals surface area contributed by atoms with Crippen LogP contribution >= 0.6 is 11.6 Å². The average Bonchev–Trinajstić information content (AvgIpc) is 3.04. The Morgan fingerprint density at radius 3 is 2.34 bits per heavy atom. The van der Waals surface area contributed by atoms with Gasteiger partial charge in [-0.05, 0) is 87.0 Å². The number of rotatable bonds is 5. The highest BCUT2D eigenvalue weighted by Crippen LogP contribution is 2.31. The number of anilines is 1. The van der Waals surface area contributed by atoms with E-state index in [9.17, 15) is 9.59 Å². The molecule has 2 aliphatic heterocycles. The Bertz CT molecular complexity index is 1030. The molecule has 0 bridgehead atoms. The minimum absolute atomic E-state index is 0.00287. The van der Waals surface area contributed by atoms with Gasteiger partial charge in [0.2, 0.25) is 5.91 Å². The maximum atomic E-state index is 13.4. The fourth-order valence-electron chi connectivity index (χ4n) is 6.08. The molecule has 35 heavy (non-hydrogen) atoms. The first kappa shape index (κ1) is 24.3. The van der Waals surface area contributed by atoms with Gasteiger partial charge in [0.15, 0.2) is 0 Å². The molecule has 5 nitrogen and oxygen atoms in total. The Morgan fingerprint density at radius 2 is 1.60 bits per heavy atom. The smallest absolute Gasteiger partial charge is 0.254 e. The van der Waals surface area contributed by atoms with Crippen LogP contribution in [-0.2, 0) is 11.3 Å². The number of para-hydroxylation sites is 1. The van der Waals surface area contributed by atoms with Gasteiger partial charge in [0.05, 0.1) is 0 Å². The summed E-state index contributed by atoms with van der Waals surface area (Å²) in [5.41, 5.74) is 2.52. The number of likely N-dealkylation sites (tertiary alicyclic amines) is 1. The number of benzene rings is 2. The lowest BCUT2D eigenvalue weighted by Crippen LogP contribution is -2.43. The van der Waals surface area contributed by atoms with Crippen molar-refractivity contribution in [2.75, 3.05) is 31.1 Å². The Kier molecular flexibility index (Phi) is 7.74. The van der Waals surface area contributed by atoms with Gasteiger partial charge in [-0.15, -0.1) is 0 Å². The van der Waals surface area contributed by atoms with Gasteiger partial charge in [-0.25, -0.2) is 0 Å². The Labute approximate surface area is 214 Å². The van der Waals surface area contributed by atoms with Crippen molar-refractivity contribution in [1.29, 1.82) is 0 Å². The number of hydrogen-bond acceptors (Lipinski definition) is 3. The van der Waals surface area contributed by atoms with Crippen LogP contribution in [0.3, 0.4) is 0 Å². The summed E-state index contributed by atoms with van der Waals surface area (Å²) in [7, 11) is 0. The molecule has 3 aliphatic rings. The average molecular weight is 494 g/mol. The Morgan fingerprint density at radius 1 is 0.886 bits per heavy atom. The molecular formula is C29H36ClN3O2. The summed E-state index contributed by atoms with van der Waals surface area (Å²) in [6.45, 7) is 3.63. The van der Waals surface area contributed by atoms with Crippen LogP contribution in [0.4, 0.5) is 5.69 Å². The van der Waals surface area contributed by atoms with Crippen LogP contribution in [0.2, 0.25) is 5.02 Å². The van der Waals surface area contributed by atoms with Crippen molar-refractivity contribution in [3.63, 3.8) is 0 Å². The minimum Gasteiger partial charge on any atom is -0.325 e. The SMILES string of the molecule is O=C(c1ccc(Cl)cc1)N1CC(=O)N(CCC2CCN(C3CCCCC3)CC2)c2ccccc2C1. The van der Waals surface area contributed by atoms with E-state index in [0.29, 0.717) is 29.6 Å². The number of amides is 2. The molecule has 0 N–H and O–H groups in total. The van der Waals surface area contributed by atoms with Crippen LogP contribution in [0.5, 0.6) is 0 Å². The van der Waals surface area contributed by atoms with Crippen molar-refractivity contribution < 1.29 is 9.59 Å². The number of carbonyl (C=O) groups excluding carboxylic acids is 2. The van der Waals surface area contributed by atoms with Crippen LogP contribution in [0.25, 0.3) is 0 Å². The summed E-state index contributed by atoms with van der Waals surface area (Å²) in [4.78, 5) is 32.9. The number of carbonyl (C=O) groups is 2. The van der Waals surface area contributed by atoms with E-state index in [2.05, 4.69) is 4.90 Å². The van der Waals surface area contributed by atoms with Crippen molar-refractivity contribution in [1.82, 2.24) is 9.80 Å². The molecule has 1 saturated carbocycles. The normalized spacial score (nSPS) is 20.5. The second kappa shape index (κ2) is 11.1. The first-order chi connectivity index (χ1) is 17.1. The predicted octanol–water partition coefficient (Wildman–Crippen LogP) is 5.76. The topological polar surface area (TPSA) is 43.9 Å². The van der Waals surface area contributed by atoms with Crippen molar-refractivity contribution in [2.24, 2.45) is 5.92 Å². The first-order valence-corrected chi connectivity index (χ1v) is 13.6. The van der Waals surface area contributed by atoms with E-state index in [1.165, 1.54) is 58.0 Å². The molecule has 2 heterocycles. The number of fused-ring (bicyclic) bond motifs is 1. The minimum atomic E-state index is -0.137. The zero-order valence-electron chi connectivity index (χ0n) is 20.5. The van der Waals surface area contributed by atoms with Gasteiger partial charge < -0.3 is 14.7 Å². The molecule has 2 aromatic carbocycles. The summed E-state index contributed by atoms with van der Waals surface area (Å²) in [6.07, 6.45) is 10.4. The van der Waals surface area contributed by atoms with E-state index in [0.717, 1.165) is 23.7 Å². The van der Waals surface area contributed by atoms with Crippen LogP contribution < -0.4 is 4.90 Å². The van der Waals surface area contributed by atoms with Crippen LogP contribution in [-0.4, -0.2) is 53.8 Å². The second-order valence-corrected chi connectivity index (χ2v) is 10.8. The van der Waals surface area contributed by atoms with Gasteiger partial charge >= 0.3 is 0 Å². The number of halogens is 1. The molecule has 0 atom stereocenters. The van der Waals surface area contributed by atoms with Crippen LogP contribution in [0, 0.1) is 5.92 Å². The number of hydrogen-bond donors (Lipinski definition) is 0. The summed E-state index contributed by atoms with van der Waals surface area (Å²) in [5, 5.41) is 0.592. The third-order valence-electron chi connectivity index (χ3n) is 8.15. The number of nitrogens with zero attached hydrogens (tertiary/aromatic N) is 3. The van der Waals surface area contributed by atoms with Crippen molar-refractivity contribution in [3.8, 4) is 0 Å². The summed E-state index contributed by atoms with van der Waals surface area (Å²) in [6, 6.07) is 15.7. The zero-order chi connectivity index (χ0) is 24.2. The van der Waals surface area contributed by atoms with Crippen molar-refractivity contribution >= 4 is 29.1 Å². The summed E-state index contributed by atoms with van der Waals surface area (Å²) < 4.78 is 0. The molecule has 5 rings (SSSR count). The molecule has 1 saturated heterocycles. The van der Waals surface area contributed by atoms with E-state index in [4.69, 9.17) is 11.6 Å². The molecule has 2 fully saturated rings. The van der Waals surface area contributed by atoms with E-state index >= 15 is 0 Å². The van der Waals surface area contributed by atoms with Gasteiger partial charge in [-0.2, -0.15) is 0 Å². The standard InChI is InChI=1S/C29H36ClN3O2/c30-25-12-10-23(11-13-25)29(35)32-20-24-6-4-5-9-27(24)33(28(34)21-32)19-16-22-14-17-31(18-15-22)26-7-2-1-3-8-26/h4-6,9-13,22,26H,1-3,7-8,14-21H2. The third-order valence-corrected chi connectivity index (χ3v) is 8.40. The maximum absolute atomic E-state index is 13.4. The van der Waals surface area contributed by atoms with Crippen LogP contribution in [0.1, 0.15) is 67.3 Å². The maximum Gasteiger partial charge on any atom is 0.254 e. The number of piperidine rings is 1. The van der Waals surface area contributed by atoms with Gasteiger partial charge in [-0.1, -0.05) is 49.1 Å². The molecule has 1 aliphatic carbocycles. The lowest BCUT2D eigenvalue weighted by Gasteiger charge is -2.39. The summed E-state index contributed by atoms with van der Waals surface area (Å²) in [5.74, 6) is 0.517. The molecular weight excluding hydrogens is 458 g/mol. The molecule has 186 valence electrons. The van der Waals surface area contributed by atoms with Gasteiger partial charge in [0, 0.05) is 35.4 Å². The highest BCUT2D eigenvalue weighted by Gasteiger charge is 2.31. The fraction of sp³-hybridized carbons (Fsp3) is 0.517. The molecule has 2 aromatic rings. The quantitative estimate of drug-likeness (QED) is 0.531. The lowest BCUT2D eigenvalue weighted by molar-refractivity contribution is -0.119. The Hall–Kier alpha value is -2.37. The molecule has 0 radical (unpaired) electrons. The molecule has 0 spiro atoms. The van der Waals surface area contributed by atoms with Crippen LogP contribution in [0.15, 0.2) is 48.5 Å². The predicted molar refractivity (Wildman–Crippen MR) is 141 cm³/mol. The lowest BCUT2D eigenvalue weighted by atomic mass is 9.89. The first-order valence-electron chi connectivity index (χ1n) is 13.3. The van der Waals surface area contributed by atoms with E-state index in [1.807, 2.05) is 29.2 Å². The monoisotopic (exact) mass is 493 g/mol. The van der Waals surface area contributed by atoms with E-state index in [-0.39, 0.29) is 18.4 Å². The Balaban J connectivity index is 1.23. The van der Waals surface area contributed by atoms with E-state index < -0.39 is 0 Å². The van der Waals surface area contributed by atoms with Gasteiger partial charge in [0.1, 0.15) is 6.54 Å². The molecule has 2 amide bonds. The fourth-order valence-corrected chi connectivity index (χ4v) is 6.21. The second-order valence-electron chi connectivity index (χ2n) is 10.4. The van der Waals surface area contributed by atoms with Crippen molar-refractivity contribution in [2.45, 2.75) is 64.0 Å². The highest BCUT2D eigenvalue weighted by atomic mass is 35.5. The van der Waals surface area contributed by atoms with Gasteiger partial charge in [-0.3, -0.25) is 9.59 Å². The zero-order valence-corrected chi connectivity index (χ0v) is 21.3. The summed E-state index contributed by atoms with van der Waals surface area (Å²) >= 11 is 6.00. The van der Waals surface area contributed by atoms with E-state index in [1.54, 1.807) is 29.2 Å². The van der Waals surface area contributed by atoms with Crippen molar-refractivity contribution in [3.05, 3.63) is 64.7 Å². The highest BCUT2D eigenvalue weighted by molar-refractivity contribution is 6.30. The van der Waals surface area contributed by atoms with Gasteiger partial charge in [0.25, 0.3) is 5.91 Å².